The summed E-state index contributed by atoms with van der Waals surface area (Å²) < 4.78 is 0. The van der Waals surface area contributed by atoms with E-state index in [1.165, 1.54) is 18.2 Å². The highest BCUT2D eigenvalue weighted by Crippen LogP contribution is 2.18. The van der Waals surface area contributed by atoms with Crippen molar-refractivity contribution in [2.24, 2.45) is 0 Å². The lowest BCUT2D eigenvalue weighted by Crippen LogP contribution is -2.43. The minimum Gasteiger partial charge on any atom is -0.273 e. The molecule has 1 heterocycles. The minimum atomic E-state index is -0.738. The minimum absolute atomic E-state index is 0.0730. The van der Waals surface area contributed by atoms with Crippen LogP contribution in [0.2, 0.25) is 0 Å². The molecule has 1 aromatic heterocycles. The van der Waals surface area contributed by atoms with Crippen LogP contribution in [-0.2, 0) is 11.2 Å². The Labute approximate surface area is 151 Å². The molecule has 3 N–H and O–H groups in total. The summed E-state index contributed by atoms with van der Waals surface area (Å²) in [6, 6.07) is 12.2. The maximum atomic E-state index is 12.3. The van der Waals surface area contributed by atoms with Crippen molar-refractivity contribution in [3.8, 4) is 0 Å². The van der Waals surface area contributed by atoms with Crippen molar-refractivity contribution in [1.29, 1.82) is 0 Å². The van der Waals surface area contributed by atoms with Gasteiger partial charge in [-0.3, -0.25) is 35.3 Å². The number of carbonyl (C=O) groups is 2. The van der Waals surface area contributed by atoms with E-state index in [1.807, 2.05) is 0 Å². The van der Waals surface area contributed by atoms with Gasteiger partial charge in [-0.15, -0.1) is 0 Å². The average Bonchev–Trinajstić information content (AvgIpc) is 2.67. The van der Waals surface area contributed by atoms with Crippen molar-refractivity contribution in [3.05, 3.63) is 80.3 Å². The van der Waals surface area contributed by atoms with Crippen LogP contribution in [0.25, 0.3) is 10.8 Å². The van der Waals surface area contributed by atoms with Gasteiger partial charge in [-0.05, 0) is 6.07 Å². The Hall–Kier alpha value is -4.08. The summed E-state index contributed by atoms with van der Waals surface area (Å²) in [7, 11) is 0. The fraction of sp³-hybridized carbons (Fsp3) is 0.0588. The number of carbonyl (C=O) groups excluding carboxylic acids is 2. The number of aromatic amines is 1. The number of amides is 2. The van der Waals surface area contributed by atoms with Gasteiger partial charge in [-0.25, -0.2) is 5.10 Å². The lowest BCUT2D eigenvalue weighted by Gasteiger charge is -2.08. The second-order valence-electron chi connectivity index (χ2n) is 5.51. The number of nitrogens with one attached hydrogen (secondary N) is 3. The van der Waals surface area contributed by atoms with E-state index in [0.717, 1.165) is 0 Å². The SMILES string of the molecule is O=C(Cc1ccccc1[N+](=O)[O-])NNC(=O)c1n[nH]c(=O)c2ccccc12. The number of H-pyrrole nitrogens is 1. The van der Waals surface area contributed by atoms with E-state index in [-0.39, 0.29) is 28.8 Å². The number of hydrazine groups is 1. The van der Waals surface area contributed by atoms with Gasteiger partial charge in [-0.2, -0.15) is 5.10 Å². The molecular formula is C17H13N5O5. The van der Waals surface area contributed by atoms with Gasteiger partial charge in [0.15, 0.2) is 5.69 Å². The second-order valence-corrected chi connectivity index (χ2v) is 5.51. The highest BCUT2D eigenvalue weighted by molar-refractivity contribution is 6.05. The van der Waals surface area contributed by atoms with Crippen LogP contribution in [0.1, 0.15) is 16.1 Å². The number of nitrogens with zero attached hydrogens (tertiary/aromatic N) is 2. The standard InChI is InChI=1S/C17H13N5O5/c23-14(9-10-5-1-4-8-13(10)22(26)27)18-21-17(25)15-11-6-2-3-7-12(11)16(24)20-19-15/h1-8H,9H2,(H,18,23)(H,20,24)(H,21,25). The molecule has 0 aliphatic carbocycles. The number of para-hydroxylation sites is 1. The fourth-order valence-corrected chi connectivity index (χ4v) is 2.53. The molecule has 3 aromatic rings. The van der Waals surface area contributed by atoms with Gasteiger partial charge in [0.2, 0.25) is 5.91 Å². The van der Waals surface area contributed by atoms with Crippen molar-refractivity contribution in [1.82, 2.24) is 21.0 Å². The Bertz CT molecular complexity index is 1110. The number of hydrogen-bond acceptors (Lipinski definition) is 6. The van der Waals surface area contributed by atoms with Gasteiger partial charge in [0, 0.05) is 17.0 Å². The molecule has 0 atom stereocenters. The molecule has 136 valence electrons. The Morgan fingerprint density at radius 3 is 2.44 bits per heavy atom. The molecule has 0 aliphatic heterocycles. The molecule has 27 heavy (non-hydrogen) atoms. The Morgan fingerprint density at radius 2 is 1.70 bits per heavy atom. The number of nitro groups is 1. The molecule has 0 aliphatic rings. The van der Waals surface area contributed by atoms with Gasteiger partial charge in [0.05, 0.1) is 16.7 Å². The van der Waals surface area contributed by atoms with Crippen LogP contribution in [0, 0.1) is 10.1 Å². The molecular weight excluding hydrogens is 354 g/mol. The lowest BCUT2D eigenvalue weighted by atomic mass is 10.1. The number of benzene rings is 2. The number of rotatable bonds is 4. The number of hydrogen-bond donors (Lipinski definition) is 3. The van der Waals surface area contributed by atoms with Crippen molar-refractivity contribution in [2.45, 2.75) is 6.42 Å². The molecule has 0 unspecified atom stereocenters. The first kappa shape index (κ1) is 17.7. The monoisotopic (exact) mass is 367 g/mol. The van der Waals surface area contributed by atoms with E-state index in [1.54, 1.807) is 30.3 Å². The smallest absolute Gasteiger partial charge is 0.273 e. The summed E-state index contributed by atoms with van der Waals surface area (Å²) in [6.07, 6.45) is -0.294. The first-order valence-corrected chi connectivity index (χ1v) is 7.76. The molecule has 0 bridgehead atoms. The molecule has 0 spiro atoms. The van der Waals surface area contributed by atoms with Crippen LogP contribution >= 0.6 is 0 Å². The first-order valence-electron chi connectivity index (χ1n) is 7.76. The van der Waals surface area contributed by atoms with E-state index in [0.29, 0.717) is 5.39 Å². The fourth-order valence-electron chi connectivity index (χ4n) is 2.53. The Morgan fingerprint density at radius 1 is 1.04 bits per heavy atom. The normalized spacial score (nSPS) is 10.4. The lowest BCUT2D eigenvalue weighted by molar-refractivity contribution is -0.385. The molecule has 2 aromatic carbocycles. The first-order chi connectivity index (χ1) is 13.0. The predicted molar refractivity (Wildman–Crippen MR) is 94.8 cm³/mol. The maximum Gasteiger partial charge on any atom is 0.290 e. The van der Waals surface area contributed by atoms with Crippen molar-refractivity contribution < 1.29 is 14.5 Å². The van der Waals surface area contributed by atoms with Crippen LogP contribution in [-0.4, -0.2) is 26.9 Å². The summed E-state index contributed by atoms with van der Waals surface area (Å²) in [6.45, 7) is 0. The topological polar surface area (TPSA) is 147 Å². The highest BCUT2D eigenvalue weighted by atomic mass is 16.6. The van der Waals surface area contributed by atoms with Crippen LogP contribution in [0.3, 0.4) is 0 Å². The predicted octanol–water partition coefficient (Wildman–Crippen LogP) is 0.835. The van der Waals surface area contributed by atoms with Crippen molar-refractivity contribution >= 4 is 28.3 Å². The van der Waals surface area contributed by atoms with Gasteiger partial charge in [0.25, 0.3) is 17.2 Å². The van der Waals surface area contributed by atoms with Crippen LogP contribution in [0.5, 0.6) is 0 Å². The zero-order chi connectivity index (χ0) is 19.4. The summed E-state index contributed by atoms with van der Waals surface area (Å²) in [5.41, 5.74) is 3.88. The van der Waals surface area contributed by atoms with Crippen LogP contribution in [0.4, 0.5) is 5.69 Å². The maximum absolute atomic E-state index is 12.3. The molecule has 2 amide bonds. The quantitative estimate of drug-likeness (QED) is 0.460. The summed E-state index contributed by atoms with van der Waals surface area (Å²) >= 11 is 0. The Balaban J connectivity index is 1.72. The number of aromatic nitrogens is 2. The van der Waals surface area contributed by atoms with Gasteiger partial charge in [-0.1, -0.05) is 36.4 Å². The van der Waals surface area contributed by atoms with Crippen LogP contribution < -0.4 is 16.4 Å². The largest absolute Gasteiger partial charge is 0.290 e. The zero-order valence-electron chi connectivity index (χ0n) is 13.8. The summed E-state index contributed by atoms with van der Waals surface area (Å²) in [4.78, 5) is 46.4. The Kier molecular flexibility index (Phi) is 4.88. The molecule has 0 saturated heterocycles. The number of nitro benzene ring substituents is 1. The van der Waals surface area contributed by atoms with Crippen molar-refractivity contribution in [2.75, 3.05) is 0 Å². The number of fused-ring (bicyclic) bond motifs is 1. The third-order valence-corrected chi connectivity index (χ3v) is 3.77. The molecule has 0 radical (unpaired) electrons. The van der Waals surface area contributed by atoms with Gasteiger partial charge >= 0.3 is 0 Å². The van der Waals surface area contributed by atoms with E-state index in [2.05, 4.69) is 21.0 Å². The molecule has 10 nitrogen and oxygen atoms in total. The molecule has 10 heteroatoms. The van der Waals surface area contributed by atoms with E-state index < -0.39 is 22.3 Å². The summed E-state index contributed by atoms with van der Waals surface area (Å²) in [5.74, 6) is -1.38. The van der Waals surface area contributed by atoms with E-state index >= 15 is 0 Å². The molecule has 0 fully saturated rings. The van der Waals surface area contributed by atoms with Crippen LogP contribution in [0.15, 0.2) is 53.3 Å². The van der Waals surface area contributed by atoms with E-state index in [4.69, 9.17) is 0 Å². The highest BCUT2D eigenvalue weighted by Gasteiger charge is 2.17. The van der Waals surface area contributed by atoms with Gasteiger partial charge < -0.3 is 0 Å². The second kappa shape index (κ2) is 7.44. The molecule has 3 rings (SSSR count). The average molecular weight is 367 g/mol. The molecule has 0 saturated carbocycles. The van der Waals surface area contributed by atoms with Gasteiger partial charge in [0.1, 0.15) is 0 Å². The summed E-state index contributed by atoms with van der Waals surface area (Å²) in [5, 5.41) is 17.5. The third-order valence-electron chi connectivity index (χ3n) is 3.77. The van der Waals surface area contributed by atoms with Crippen molar-refractivity contribution in [3.63, 3.8) is 0 Å². The third kappa shape index (κ3) is 3.79. The van der Waals surface area contributed by atoms with E-state index in [9.17, 15) is 24.5 Å². The zero-order valence-corrected chi connectivity index (χ0v) is 13.8.